The Labute approximate surface area is 131 Å². The quantitative estimate of drug-likeness (QED) is 0.320. The molecule has 110 valence electrons. The molecule has 5 nitrogen and oxygen atoms in total. The van der Waals surface area contributed by atoms with E-state index in [-0.39, 0.29) is 40.5 Å². The Morgan fingerprint density at radius 2 is 2.05 bits per heavy atom. The fourth-order valence-electron chi connectivity index (χ4n) is 2.60. The minimum Gasteiger partial charge on any atom is -0.288 e. The third-order valence-electron chi connectivity index (χ3n) is 3.60. The minimum atomic E-state index is -0.304. The Hall–Kier alpha value is -0.760. The molecule has 2 amide bonds. The summed E-state index contributed by atoms with van der Waals surface area (Å²) in [4.78, 5) is 40.0. The van der Waals surface area contributed by atoms with Gasteiger partial charge in [0.15, 0.2) is 3.79 Å². The first kappa shape index (κ1) is 15.6. The molecule has 2 atom stereocenters. The van der Waals surface area contributed by atoms with E-state index < -0.39 is 0 Å². The topological polar surface area (TPSA) is 63.7 Å². The number of hydroxylamine groups is 2. The maximum atomic E-state index is 11.6. The van der Waals surface area contributed by atoms with Crippen molar-refractivity contribution in [3.05, 3.63) is 12.2 Å². The van der Waals surface area contributed by atoms with Gasteiger partial charge in [0.1, 0.15) is 6.10 Å². The first-order valence-corrected chi connectivity index (χ1v) is 8.01. The summed E-state index contributed by atoms with van der Waals surface area (Å²) in [6.45, 7) is 0. The highest BCUT2D eigenvalue weighted by Crippen LogP contribution is 2.26. The van der Waals surface area contributed by atoms with Crippen molar-refractivity contribution in [2.24, 2.45) is 5.92 Å². The number of allylic oxidation sites excluding steroid dienone is 1. The van der Waals surface area contributed by atoms with Gasteiger partial charge < -0.3 is 0 Å². The van der Waals surface area contributed by atoms with Crippen LogP contribution in [0.25, 0.3) is 0 Å². The molecule has 2 aliphatic rings. The number of amides is 2. The van der Waals surface area contributed by atoms with Crippen molar-refractivity contribution in [2.45, 2.75) is 51.0 Å². The normalized spacial score (nSPS) is 27.6. The van der Waals surface area contributed by atoms with Gasteiger partial charge in [0.05, 0.1) is 0 Å². The minimum absolute atomic E-state index is 0.143. The maximum Gasteiger partial charge on any atom is 0.254 e. The number of hydrogen-bond acceptors (Lipinski definition) is 4. The average Bonchev–Trinajstić information content (AvgIpc) is 2.65. The fraction of sp³-hybridized carbons (Fsp3) is 0.643. The van der Waals surface area contributed by atoms with Gasteiger partial charge >= 0.3 is 0 Å². The molecule has 6 heteroatoms. The lowest BCUT2D eigenvalue weighted by atomic mass is 9.90. The van der Waals surface area contributed by atoms with Crippen molar-refractivity contribution in [3.63, 3.8) is 0 Å². The van der Waals surface area contributed by atoms with E-state index in [2.05, 4.69) is 0 Å². The van der Waals surface area contributed by atoms with Gasteiger partial charge in [0.25, 0.3) is 11.8 Å². The van der Waals surface area contributed by atoms with E-state index in [1.807, 2.05) is 34.7 Å². The van der Waals surface area contributed by atoms with Crippen molar-refractivity contribution in [1.29, 1.82) is 0 Å². The summed E-state index contributed by atoms with van der Waals surface area (Å²) >= 11 is 1.81. The predicted molar refractivity (Wildman–Crippen MR) is 80.7 cm³/mol. The van der Waals surface area contributed by atoms with Gasteiger partial charge in [-0.2, -0.15) is 5.06 Å². The molecule has 1 fully saturated rings. The molecule has 0 saturated carbocycles. The number of imide groups is 1. The van der Waals surface area contributed by atoms with Gasteiger partial charge in [-0.3, -0.25) is 19.2 Å². The molecule has 0 N–H and O–H groups in total. The smallest absolute Gasteiger partial charge is 0.254 e. The van der Waals surface area contributed by atoms with Crippen LogP contribution in [0.15, 0.2) is 12.2 Å². The Morgan fingerprint density at radius 1 is 1.35 bits per heavy atom. The van der Waals surface area contributed by atoms with Gasteiger partial charge in [-0.15, -0.1) is 0 Å². The number of hydrogen-bond donors (Lipinski definition) is 0. The van der Waals surface area contributed by atoms with Crippen LogP contribution in [0.4, 0.5) is 0 Å². The zero-order valence-corrected chi connectivity index (χ0v) is 13.4. The van der Waals surface area contributed by atoms with Crippen molar-refractivity contribution in [1.82, 2.24) is 5.06 Å². The van der Waals surface area contributed by atoms with Gasteiger partial charge in [0, 0.05) is 19.3 Å². The molecule has 0 bridgehead atoms. The lowest BCUT2D eigenvalue weighted by Gasteiger charge is -2.25. The lowest BCUT2D eigenvalue weighted by Crippen LogP contribution is -2.34. The summed E-state index contributed by atoms with van der Waals surface area (Å²) in [6, 6.07) is 0. The van der Waals surface area contributed by atoms with Crippen LogP contribution in [0.1, 0.15) is 44.9 Å². The van der Waals surface area contributed by atoms with Crippen LogP contribution in [0.2, 0.25) is 0 Å². The molecule has 2 rings (SSSR count). The molecular formula is C14H18INO4. The van der Waals surface area contributed by atoms with Crippen LogP contribution in [0, 0.1) is 5.92 Å². The molecule has 0 aromatic carbocycles. The standard InChI is InChI=1S/C14H18INO4/c15-12(17)9-10-4-2-1-3-5-11(8-10)20-16-13(18)6-7-14(16)19/h3,5,10-11H,1-2,4,6-9H2. The molecular weight excluding hydrogens is 373 g/mol. The van der Waals surface area contributed by atoms with E-state index in [1.54, 1.807) is 0 Å². The van der Waals surface area contributed by atoms with Gasteiger partial charge in [-0.25, -0.2) is 0 Å². The molecule has 0 aromatic heterocycles. The largest absolute Gasteiger partial charge is 0.288 e. The van der Waals surface area contributed by atoms with Gasteiger partial charge in [-0.1, -0.05) is 12.2 Å². The summed E-state index contributed by atoms with van der Waals surface area (Å²) in [7, 11) is 0. The van der Waals surface area contributed by atoms with Crippen molar-refractivity contribution >= 4 is 38.2 Å². The Kier molecular flexibility index (Phi) is 5.71. The molecule has 20 heavy (non-hydrogen) atoms. The summed E-state index contributed by atoms with van der Waals surface area (Å²) < 4.78 is 0.143. The second-order valence-electron chi connectivity index (χ2n) is 5.25. The van der Waals surface area contributed by atoms with Crippen LogP contribution in [0.5, 0.6) is 0 Å². The van der Waals surface area contributed by atoms with E-state index in [0.29, 0.717) is 12.8 Å². The zero-order chi connectivity index (χ0) is 14.5. The second-order valence-corrected chi connectivity index (χ2v) is 6.45. The Morgan fingerprint density at radius 3 is 2.70 bits per heavy atom. The fourth-order valence-corrected chi connectivity index (χ4v) is 3.22. The highest BCUT2D eigenvalue weighted by molar-refractivity contribution is 14.1. The number of halogens is 1. The monoisotopic (exact) mass is 391 g/mol. The highest BCUT2D eigenvalue weighted by Gasteiger charge is 2.32. The third kappa shape index (κ3) is 4.37. The van der Waals surface area contributed by atoms with Crippen LogP contribution in [-0.4, -0.2) is 26.8 Å². The van der Waals surface area contributed by atoms with E-state index in [1.165, 1.54) is 0 Å². The van der Waals surface area contributed by atoms with Crippen LogP contribution in [-0.2, 0) is 19.2 Å². The van der Waals surface area contributed by atoms with E-state index in [0.717, 1.165) is 24.3 Å². The van der Waals surface area contributed by atoms with Crippen molar-refractivity contribution in [2.75, 3.05) is 0 Å². The average molecular weight is 391 g/mol. The molecule has 0 spiro atoms. The predicted octanol–water partition coefficient (Wildman–Crippen LogP) is 2.53. The number of nitrogens with zero attached hydrogens (tertiary/aromatic N) is 1. The summed E-state index contributed by atoms with van der Waals surface area (Å²) in [5.74, 6) is -0.291. The molecule has 1 heterocycles. The van der Waals surface area contributed by atoms with E-state index >= 15 is 0 Å². The maximum absolute atomic E-state index is 11.6. The Bertz CT molecular complexity index is 419. The first-order valence-electron chi connectivity index (χ1n) is 6.94. The lowest BCUT2D eigenvalue weighted by molar-refractivity contribution is -0.198. The van der Waals surface area contributed by atoms with Gasteiger partial charge in [-0.05, 0) is 54.2 Å². The first-order chi connectivity index (χ1) is 9.56. The highest BCUT2D eigenvalue weighted by atomic mass is 127. The third-order valence-corrected chi connectivity index (χ3v) is 4.04. The van der Waals surface area contributed by atoms with Crippen LogP contribution < -0.4 is 0 Å². The van der Waals surface area contributed by atoms with Crippen LogP contribution >= 0.6 is 22.6 Å². The second kappa shape index (κ2) is 7.31. The zero-order valence-electron chi connectivity index (χ0n) is 11.2. The SMILES string of the molecule is O=C(I)CC1CCCC=CC(ON2C(=O)CCC2=O)C1. The molecule has 1 saturated heterocycles. The number of rotatable bonds is 4. The summed E-state index contributed by atoms with van der Waals surface area (Å²) in [6.07, 6.45) is 8.24. The molecule has 1 aliphatic heterocycles. The van der Waals surface area contributed by atoms with E-state index in [9.17, 15) is 14.4 Å². The molecule has 0 aromatic rings. The Balaban J connectivity index is 1.99. The van der Waals surface area contributed by atoms with Crippen molar-refractivity contribution < 1.29 is 19.2 Å². The summed E-state index contributed by atoms with van der Waals surface area (Å²) in [5.41, 5.74) is 0. The molecule has 1 aliphatic carbocycles. The molecule has 0 radical (unpaired) electrons. The van der Waals surface area contributed by atoms with Gasteiger partial charge in [0.2, 0.25) is 0 Å². The van der Waals surface area contributed by atoms with Crippen LogP contribution in [0.3, 0.4) is 0 Å². The van der Waals surface area contributed by atoms with Crippen molar-refractivity contribution in [3.8, 4) is 0 Å². The summed E-state index contributed by atoms with van der Waals surface area (Å²) in [5, 5.41) is 0.902. The van der Waals surface area contributed by atoms with E-state index in [4.69, 9.17) is 4.84 Å². The molecule has 2 unspecified atom stereocenters. The number of carbonyl (C=O) groups is 3. The number of carbonyl (C=O) groups excluding carboxylic acids is 3.